The molecular formula is C12H19BrN4O. The van der Waals surface area contributed by atoms with Gasteiger partial charge in [0.1, 0.15) is 10.4 Å². The maximum Gasteiger partial charge on any atom is 0.228 e. The fourth-order valence-corrected chi connectivity index (χ4v) is 2.45. The minimum absolute atomic E-state index is 0.425. The number of aromatic nitrogens is 2. The predicted molar refractivity (Wildman–Crippen MR) is 75.6 cm³/mol. The molecule has 0 aromatic carbocycles. The molecule has 6 heteroatoms. The third-order valence-corrected chi connectivity index (χ3v) is 3.70. The Labute approximate surface area is 116 Å². The van der Waals surface area contributed by atoms with Crippen LogP contribution in [0.2, 0.25) is 0 Å². The first-order chi connectivity index (χ1) is 8.61. The molecule has 0 bridgehead atoms. The fraction of sp³-hybridized carbons (Fsp3) is 0.667. The zero-order chi connectivity index (χ0) is 13.1. The number of nitrogens with two attached hydrogens (primary N) is 1. The van der Waals surface area contributed by atoms with E-state index < -0.39 is 0 Å². The summed E-state index contributed by atoms with van der Waals surface area (Å²) in [6, 6.07) is 2.13. The molecule has 0 spiro atoms. The van der Waals surface area contributed by atoms with Crippen molar-refractivity contribution in [1.82, 2.24) is 9.97 Å². The molecule has 100 valence electrons. The van der Waals surface area contributed by atoms with Crippen LogP contribution in [0.4, 0.5) is 11.8 Å². The van der Waals surface area contributed by atoms with Crippen molar-refractivity contribution >= 4 is 27.7 Å². The standard InChI is InChI=1S/C12H19BrN4O/c1-8(9-3-4-9)17(5-6-18-2)12-15-10(13)7-11(14)16-12/h7-9H,3-6H2,1-2H3,(H2,14,15,16). The van der Waals surface area contributed by atoms with Crippen LogP contribution in [-0.4, -0.2) is 36.3 Å². The molecule has 1 aliphatic carbocycles. The number of hydrogen-bond acceptors (Lipinski definition) is 5. The summed E-state index contributed by atoms with van der Waals surface area (Å²) in [6.07, 6.45) is 2.57. The lowest BCUT2D eigenvalue weighted by Gasteiger charge is -2.29. The molecular weight excluding hydrogens is 296 g/mol. The lowest BCUT2D eigenvalue weighted by molar-refractivity contribution is 0.202. The molecule has 0 amide bonds. The van der Waals surface area contributed by atoms with E-state index >= 15 is 0 Å². The van der Waals surface area contributed by atoms with Crippen molar-refractivity contribution in [3.8, 4) is 0 Å². The Balaban J connectivity index is 2.20. The Morgan fingerprint density at radius 2 is 2.28 bits per heavy atom. The van der Waals surface area contributed by atoms with E-state index in [0.29, 0.717) is 24.4 Å². The van der Waals surface area contributed by atoms with Gasteiger partial charge in [-0.15, -0.1) is 0 Å². The molecule has 5 nitrogen and oxygen atoms in total. The molecule has 1 aromatic rings. The minimum atomic E-state index is 0.425. The summed E-state index contributed by atoms with van der Waals surface area (Å²) in [5, 5.41) is 0. The average molecular weight is 315 g/mol. The average Bonchev–Trinajstić information content (AvgIpc) is 3.11. The molecule has 2 rings (SSSR count). The van der Waals surface area contributed by atoms with Crippen LogP contribution in [-0.2, 0) is 4.74 Å². The fourth-order valence-electron chi connectivity index (χ4n) is 2.06. The van der Waals surface area contributed by atoms with Crippen molar-refractivity contribution in [2.75, 3.05) is 30.9 Å². The van der Waals surface area contributed by atoms with Gasteiger partial charge in [0.25, 0.3) is 0 Å². The number of methoxy groups -OCH3 is 1. The van der Waals surface area contributed by atoms with Gasteiger partial charge >= 0.3 is 0 Å². The van der Waals surface area contributed by atoms with Gasteiger partial charge in [-0.2, -0.15) is 4.98 Å². The van der Waals surface area contributed by atoms with E-state index in [1.54, 1.807) is 13.2 Å². The van der Waals surface area contributed by atoms with E-state index in [1.807, 2.05) is 0 Å². The van der Waals surface area contributed by atoms with Gasteiger partial charge in [-0.1, -0.05) is 0 Å². The van der Waals surface area contributed by atoms with E-state index in [4.69, 9.17) is 10.5 Å². The molecule has 1 saturated carbocycles. The van der Waals surface area contributed by atoms with Crippen molar-refractivity contribution in [2.45, 2.75) is 25.8 Å². The Morgan fingerprint density at radius 3 is 2.83 bits per heavy atom. The smallest absolute Gasteiger partial charge is 0.228 e. The lowest BCUT2D eigenvalue weighted by atomic mass is 10.2. The van der Waals surface area contributed by atoms with Crippen molar-refractivity contribution < 1.29 is 4.74 Å². The van der Waals surface area contributed by atoms with Gasteiger partial charge in [0.2, 0.25) is 5.95 Å². The molecule has 2 N–H and O–H groups in total. The maximum absolute atomic E-state index is 5.78. The summed E-state index contributed by atoms with van der Waals surface area (Å²) in [5.41, 5.74) is 5.78. The number of ether oxygens (including phenoxy) is 1. The normalized spacial score (nSPS) is 16.6. The summed E-state index contributed by atoms with van der Waals surface area (Å²) in [5.74, 6) is 1.90. The van der Waals surface area contributed by atoms with Crippen LogP contribution >= 0.6 is 15.9 Å². The highest BCUT2D eigenvalue weighted by atomic mass is 79.9. The monoisotopic (exact) mass is 314 g/mol. The second kappa shape index (κ2) is 5.84. The first-order valence-corrected chi connectivity index (χ1v) is 6.96. The van der Waals surface area contributed by atoms with E-state index in [1.165, 1.54) is 12.8 Å². The Bertz CT molecular complexity index is 391. The molecule has 1 atom stereocenters. The highest BCUT2D eigenvalue weighted by molar-refractivity contribution is 9.10. The number of nitrogen functional groups attached to an aromatic ring is 1. The second-order valence-corrected chi connectivity index (χ2v) is 5.49. The van der Waals surface area contributed by atoms with Crippen LogP contribution in [0.1, 0.15) is 19.8 Å². The highest BCUT2D eigenvalue weighted by Crippen LogP contribution is 2.36. The SMILES string of the molecule is COCCN(c1nc(N)cc(Br)n1)C(C)C1CC1. The van der Waals surface area contributed by atoms with E-state index in [9.17, 15) is 0 Å². The lowest BCUT2D eigenvalue weighted by Crippen LogP contribution is -2.38. The number of hydrogen-bond donors (Lipinski definition) is 1. The molecule has 0 saturated heterocycles. The van der Waals surface area contributed by atoms with Crippen LogP contribution in [0.5, 0.6) is 0 Å². The highest BCUT2D eigenvalue weighted by Gasteiger charge is 2.33. The number of rotatable bonds is 6. The Morgan fingerprint density at radius 1 is 1.56 bits per heavy atom. The largest absolute Gasteiger partial charge is 0.383 e. The third-order valence-electron chi connectivity index (χ3n) is 3.29. The second-order valence-electron chi connectivity index (χ2n) is 4.68. The topological polar surface area (TPSA) is 64.3 Å². The maximum atomic E-state index is 5.78. The first kappa shape index (κ1) is 13.5. The third kappa shape index (κ3) is 3.32. The quantitative estimate of drug-likeness (QED) is 0.814. The number of halogens is 1. The molecule has 1 aliphatic rings. The summed E-state index contributed by atoms with van der Waals surface area (Å²) in [4.78, 5) is 10.9. The number of anilines is 2. The van der Waals surface area contributed by atoms with Gasteiger partial charge in [-0.25, -0.2) is 4.98 Å². The molecule has 1 unspecified atom stereocenters. The molecule has 1 fully saturated rings. The van der Waals surface area contributed by atoms with Crippen LogP contribution < -0.4 is 10.6 Å². The zero-order valence-electron chi connectivity index (χ0n) is 10.8. The summed E-state index contributed by atoms with van der Waals surface area (Å²) < 4.78 is 5.88. The minimum Gasteiger partial charge on any atom is -0.383 e. The van der Waals surface area contributed by atoms with Crippen LogP contribution in [0.15, 0.2) is 10.7 Å². The van der Waals surface area contributed by atoms with Crippen LogP contribution in [0.3, 0.4) is 0 Å². The van der Waals surface area contributed by atoms with Crippen LogP contribution in [0.25, 0.3) is 0 Å². The Kier molecular flexibility index (Phi) is 4.40. The van der Waals surface area contributed by atoms with Gasteiger partial charge in [0, 0.05) is 25.8 Å². The van der Waals surface area contributed by atoms with E-state index in [2.05, 4.69) is 37.7 Å². The van der Waals surface area contributed by atoms with Crippen molar-refractivity contribution in [3.63, 3.8) is 0 Å². The van der Waals surface area contributed by atoms with Gasteiger partial charge in [-0.3, -0.25) is 0 Å². The number of nitrogens with zero attached hydrogens (tertiary/aromatic N) is 3. The predicted octanol–water partition coefficient (Wildman–Crippen LogP) is 2.07. The van der Waals surface area contributed by atoms with Gasteiger partial charge in [0.05, 0.1) is 6.61 Å². The van der Waals surface area contributed by atoms with Gasteiger partial charge in [-0.05, 0) is 41.6 Å². The zero-order valence-corrected chi connectivity index (χ0v) is 12.4. The van der Waals surface area contributed by atoms with E-state index in [-0.39, 0.29) is 0 Å². The molecule has 0 radical (unpaired) electrons. The summed E-state index contributed by atoms with van der Waals surface area (Å²) >= 11 is 3.36. The van der Waals surface area contributed by atoms with Gasteiger partial charge in [0.15, 0.2) is 0 Å². The summed E-state index contributed by atoms with van der Waals surface area (Å²) in [7, 11) is 1.70. The molecule has 0 aliphatic heterocycles. The van der Waals surface area contributed by atoms with Crippen molar-refractivity contribution in [1.29, 1.82) is 0 Å². The Hall–Kier alpha value is -0.880. The first-order valence-electron chi connectivity index (χ1n) is 6.17. The molecule has 1 aromatic heterocycles. The molecule has 1 heterocycles. The van der Waals surface area contributed by atoms with Crippen LogP contribution in [0, 0.1) is 5.92 Å². The summed E-state index contributed by atoms with van der Waals surface area (Å²) in [6.45, 7) is 3.66. The van der Waals surface area contributed by atoms with Gasteiger partial charge < -0.3 is 15.4 Å². The van der Waals surface area contributed by atoms with E-state index in [0.717, 1.165) is 17.1 Å². The van der Waals surface area contributed by atoms with Crippen molar-refractivity contribution in [2.24, 2.45) is 5.92 Å². The van der Waals surface area contributed by atoms with Crippen molar-refractivity contribution in [3.05, 3.63) is 10.7 Å². The molecule has 18 heavy (non-hydrogen) atoms.